The Kier molecular flexibility index (Phi) is 5.59. The summed E-state index contributed by atoms with van der Waals surface area (Å²) in [6, 6.07) is 0.676. The normalized spacial score (nSPS) is 17.7. The number of nitrogens with one attached hydrogen (secondary N) is 1. The number of pyridine rings is 2. The lowest BCUT2D eigenvalue weighted by Crippen LogP contribution is -2.54. The molecule has 0 saturated carbocycles. The first kappa shape index (κ1) is 22.8. The van der Waals surface area contributed by atoms with E-state index in [1.165, 1.54) is 0 Å². The van der Waals surface area contributed by atoms with Gasteiger partial charge in [0.25, 0.3) is 0 Å². The van der Waals surface area contributed by atoms with E-state index in [2.05, 4.69) is 78.3 Å². The topological polar surface area (TPSA) is 65.4 Å². The van der Waals surface area contributed by atoms with E-state index in [4.69, 9.17) is 0 Å². The van der Waals surface area contributed by atoms with Gasteiger partial charge in [-0.05, 0) is 57.2 Å². The molecule has 1 atom stereocenters. The summed E-state index contributed by atoms with van der Waals surface area (Å²) in [5, 5.41) is 4.99. The molecule has 34 heavy (non-hydrogen) atoms. The SMILES string of the molecule is Cc1c(-c2[nH]c3cnc(N4CCN(C(C)C)CC4C)c(F)c3c2C(C)C)cn2ncnc2c1C. The lowest BCUT2D eigenvalue weighted by atomic mass is 9.94. The van der Waals surface area contributed by atoms with Crippen molar-refractivity contribution in [2.24, 2.45) is 0 Å². The van der Waals surface area contributed by atoms with Crippen LogP contribution in [0.4, 0.5) is 10.2 Å². The summed E-state index contributed by atoms with van der Waals surface area (Å²) in [6.45, 7) is 17.5. The Balaban J connectivity index is 1.67. The van der Waals surface area contributed by atoms with Crippen LogP contribution in [0, 0.1) is 19.7 Å². The maximum Gasteiger partial charge on any atom is 0.175 e. The van der Waals surface area contributed by atoms with Gasteiger partial charge in [0.05, 0.1) is 17.4 Å². The smallest absolute Gasteiger partial charge is 0.175 e. The summed E-state index contributed by atoms with van der Waals surface area (Å²) in [4.78, 5) is 17.1. The Bertz CT molecular complexity index is 1370. The maximum atomic E-state index is 16.3. The number of rotatable bonds is 4. The van der Waals surface area contributed by atoms with Gasteiger partial charge in [0.1, 0.15) is 6.33 Å². The highest BCUT2D eigenvalue weighted by Gasteiger charge is 2.30. The van der Waals surface area contributed by atoms with Gasteiger partial charge in [0.15, 0.2) is 17.3 Å². The second-order valence-electron chi connectivity index (χ2n) is 10.2. The standard InChI is InChI=1S/C26H34FN7/c1-14(2)21-22-20(31-24(21)19-12-34-25(29-13-30-34)18(7)17(19)6)10-28-26(23(22)27)33-9-8-32(15(3)4)11-16(33)5/h10,12-16,31H,8-9,11H2,1-7H3. The number of hydrogen-bond donors (Lipinski definition) is 1. The Labute approximate surface area is 200 Å². The molecule has 180 valence electrons. The van der Waals surface area contributed by atoms with Gasteiger partial charge in [-0.25, -0.2) is 18.9 Å². The van der Waals surface area contributed by atoms with Crippen LogP contribution in [0.5, 0.6) is 0 Å². The lowest BCUT2D eigenvalue weighted by molar-refractivity contribution is 0.184. The maximum absolute atomic E-state index is 16.3. The first-order valence-corrected chi connectivity index (χ1v) is 12.2. The van der Waals surface area contributed by atoms with Crippen LogP contribution in [0.3, 0.4) is 0 Å². The molecule has 5 heterocycles. The minimum atomic E-state index is -0.232. The van der Waals surface area contributed by atoms with Crippen molar-refractivity contribution >= 4 is 22.4 Å². The average Bonchev–Trinajstić information content (AvgIpc) is 3.42. The second kappa shape index (κ2) is 8.34. The predicted molar refractivity (Wildman–Crippen MR) is 135 cm³/mol. The Morgan fingerprint density at radius 2 is 1.85 bits per heavy atom. The number of aromatic amines is 1. The summed E-state index contributed by atoms with van der Waals surface area (Å²) in [7, 11) is 0. The van der Waals surface area contributed by atoms with Crippen LogP contribution >= 0.6 is 0 Å². The second-order valence-corrected chi connectivity index (χ2v) is 10.2. The number of H-pyrrole nitrogens is 1. The summed E-state index contributed by atoms with van der Waals surface area (Å²) in [5.41, 5.74) is 6.66. The third-order valence-electron chi connectivity index (χ3n) is 7.43. The van der Waals surface area contributed by atoms with E-state index in [0.29, 0.717) is 17.2 Å². The third kappa shape index (κ3) is 3.47. The fourth-order valence-electron chi connectivity index (χ4n) is 5.38. The van der Waals surface area contributed by atoms with Gasteiger partial charge in [0, 0.05) is 48.9 Å². The van der Waals surface area contributed by atoms with Crippen molar-refractivity contribution in [1.82, 2.24) is 29.5 Å². The van der Waals surface area contributed by atoms with Crippen molar-refractivity contribution in [3.63, 3.8) is 0 Å². The van der Waals surface area contributed by atoms with Gasteiger partial charge < -0.3 is 9.88 Å². The van der Waals surface area contributed by atoms with E-state index in [9.17, 15) is 0 Å². The Hall–Kier alpha value is -3.00. The fraction of sp³-hybridized carbons (Fsp3) is 0.500. The number of aromatic nitrogens is 5. The molecular weight excluding hydrogens is 429 g/mol. The van der Waals surface area contributed by atoms with Gasteiger partial charge in [-0.2, -0.15) is 5.10 Å². The Morgan fingerprint density at radius 1 is 1.09 bits per heavy atom. The lowest BCUT2D eigenvalue weighted by Gasteiger charge is -2.42. The molecule has 0 bridgehead atoms. The number of nitrogens with zero attached hydrogens (tertiary/aromatic N) is 6. The zero-order chi connectivity index (χ0) is 24.3. The van der Waals surface area contributed by atoms with Crippen LogP contribution in [0.15, 0.2) is 18.7 Å². The van der Waals surface area contributed by atoms with Crippen LogP contribution in [0.1, 0.15) is 57.2 Å². The van der Waals surface area contributed by atoms with Crippen LogP contribution < -0.4 is 4.90 Å². The van der Waals surface area contributed by atoms with E-state index in [1.807, 2.05) is 6.20 Å². The molecule has 0 spiro atoms. The first-order valence-electron chi connectivity index (χ1n) is 12.2. The van der Waals surface area contributed by atoms with E-state index in [-0.39, 0.29) is 17.8 Å². The van der Waals surface area contributed by atoms with Gasteiger partial charge in [-0.3, -0.25) is 4.90 Å². The van der Waals surface area contributed by atoms with Crippen molar-refractivity contribution in [2.45, 2.75) is 66.5 Å². The van der Waals surface area contributed by atoms with Crippen molar-refractivity contribution in [2.75, 3.05) is 24.5 Å². The van der Waals surface area contributed by atoms with Crippen molar-refractivity contribution in [3.05, 3.63) is 41.2 Å². The zero-order valence-corrected chi connectivity index (χ0v) is 21.1. The third-order valence-corrected chi connectivity index (χ3v) is 7.43. The average molecular weight is 464 g/mol. The molecule has 0 aliphatic carbocycles. The molecule has 1 fully saturated rings. The van der Waals surface area contributed by atoms with E-state index >= 15 is 4.39 Å². The highest BCUT2D eigenvalue weighted by atomic mass is 19.1. The molecule has 0 amide bonds. The van der Waals surface area contributed by atoms with Gasteiger partial charge in [-0.15, -0.1) is 0 Å². The molecule has 5 rings (SSSR count). The molecule has 1 saturated heterocycles. The molecule has 7 nitrogen and oxygen atoms in total. The minimum Gasteiger partial charge on any atom is -0.353 e. The molecule has 1 unspecified atom stereocenters. The molecular formula is C26H34FN7. The number of halogens is 1. The monoisotopic (exact) mass is 463 g/mol. The predicted octanol–water partition coefficient (Wildman–Crippen LogP) is 5.07. The van der Waals surface area contributed by atoms with Crippen LogP contribution in [-0.4, -0.2) is 61.2 Å². The summed E-state index contributed by atoms with van der Waals surface area (Å²) in [5.74, 6) is 0.343. The van der Waals surface area contributed by atoms with Crippen molar-refractivity contribution < 1.29 is 4.39 Å². The molecule has 0 aromatic carbocycles. The highest BCUT2D eigenvalue weighted by Crippen LogP contribution is 2.40. The summed E-state index contributed by atoms with van der Waals surface area (Å²) >= 11 is 0. The molecule has 1 N–H and O–H groups in total. The summed E-state index contributed by atoms with van der Waals surface area (Å²) < 4.78 is 18.0. The quantitative estimate of drug-likeness (QED) is 0.458. The zero-order valence-electron chi connectivity index (χ0n) is 21.1. The van der Waals surface area contributed by atoms with E-state index < -0.39 is 0 Å². The summed E-state index contributed by atoms with van der Waals surface area (Å²) in [6.07, 6.45) is 5.34. The minimum absolute atomic E-state index is 0.120. The number of anilines is 1. The van der Waals surface area contributed by atoms with Gasteiger partial charge >= 0.3 is 0 Å². The van der Waals surface area contributed by atoms with E-state index in [1.54, 1.807) is 17.0 Å². The largest absolute Gasteiger partial charge is 0.353 e. The van der Waals surface area contributed by atoms with Crippen molar-refractivity contribution in [3.8, 4) is 11.3 Å². The number of fused-ring (bicyclic) bond motifs is 2. The first-order chi connectivity index (χ1) is 16.2. The molecule has 8 heteroatoms. The molecule has 1 aliphatic rings. The van der Waals surface area contributed by atoms with Gasteiger partial charge in [-0.1, -0.05) is 13.8 Å². The number of aryl methyl sites for hydroxylation is 1. The van der Waals surface area contributed by atoms with Crippen LogP contribution in [0.2, 0.25) is 0 Å². The number of piperazine rings is 1. The molecule has 1 aliphatic heterocycles. The molecule has 4 aromatic heterocycles. The van der Waals surface area contributed by atoms with Crippen LogP contribution in [-0.2, 0) is 0 Å². The van der Waals surface area contributed by atoms with Crippen molar-refractivity contribution in [1.29, 1.82) is 0 Å². The van der Waals surface area contributed by atoms with Gasteiger partial charge in [0.2, 0.25) is 0 Å². The van der Waals surface area contributed by atoms with Crippen LogP contribution in [0.25, 0.3) is 27.8 Å². The fourth-order valence-corrected chi connectivity index (χ4v) is 5.38. The number of hydrogen-bond acceptors (Lipinski definition) is 5. The molecule has 4 aromatic rings. The highest BCUT2D eigenvalue weighted by molar-refractivity contribution is 5.94. The molecule has 0 radical (unpaired) electrons. The Morgan fingerprint density at radius 3 is 2.53 bits per heavy atom. The van der Waals surface area contributed by atoms with E-state index in [0.717, 1.165) is 58.7 Å².